The van der Waals surface area contributed by atoms with Crippen LogP contribution >= 0.6 is 11.3 Å². The van der Waals surface area contributed by atoms with Crippen LogP contribution in [0, 0.1) is 0 Å². The molecule has 0 aliphatic rings. The van der Waals surface area contributed by atoms with E-state index in [2.05, 4.69) is 15.0 Å². The summed E-state index contributed by atoms with van der Waals surface area (Å²) in [5.41, 5.74) is 2.03. The fourth-order valence-corrected chi connectivity index (χ4v) is 3.76. The number of carbonyl (C=O) groups excluding carboxylic acids is 1. The summed E-state index contributed by atoms with van der Waals surface area (Å²) >= 11 is 1.16. The van der Waals surface area contributed by atoms with Crippen LogP contribution < -0.4 is 10.1 Å². The first kappa shape index (κ1) is 20.0. The molecule has 30 heavy (non-hydrogen) atoms. The Kier molecular flexibility index (Phi) is 5.73. The largest absolute Gasteiger partial charge is 0.451 e. The number of ether oxygens (including phenoxy) is 2. The van der Waals surface area contributed by atoms with Gasteiger partial charge in [-0.1, -0.05) is 30.3 Å². The standard InChI is InChI=1S/C21H16F2N2O4S/c1-27-10-14-12-6-2-4-8-16(12)28-18(14)19(26)25-21-24-15(11-30-21)13-7-3-5-9-17(13)29-20(22)23/h2-9,11,20H,10H2,1H3,(H,24,25,26). The predicted octanol–water partition coefficient (Wildman–Crippen LogP) is 5.56. The Morgan fingerprint density at radius 3 is 2.77 bits per heavy atom. The van der Waals surface area contributed by atoms with Crippen LogP contribution in [0.25, 0.3) is 22.2 Å². The molecule has 6 nitrogen and oxygen atoms in total. The summed E-state index contributed by atoms with van der Waals surface area (Å²) in [6.45, 7) is -2.74. The highest BCUT2D eigenvalue weighted by Crippen LogP contribution is 2.33. The molecular formula is C21H16F2N2O4S. The molecule has 4 aromatic rings. The number of hydrogen-bond donors (Lipinski definition) is 1. The first-order valence-electron chi connectivity index (χ1n) is 8.87. The molecule has 4 rings (SSSR count). The fourth-order valence-electron chi connectivity index (χ4n) is 3.06. The summed E-state index contributed by atoms with van der Waals surface area (Å²) in [6, 6.07) is 13.6. The van der Waals surface area contributed by atoms with Crippen molar-refractivity contribution in [3.63, 3.8) is 0 Å². The number of methoxy groups -OCH3 is 1. The van der Waals surface area contributed by atoms with E-state index >= 15 is 0 Å². The Balaban J connectivity index is 1.60. The molecule has 0 radical (unpaired) electrons. The van der Waals surface area contributed by atoms with E-state index in [0.717, 1.165) is 16.7 Å². The first-order valence-corrected chi connectivity index (χ1v) is 9.75. The number of para-hydroxylation sites is 2. The van der Waals surface area contributed by atoms with Crippen molar-refractivity contribution in [2.45, 2.75) is 13.2 Å². The van der Waals surface area contributed by atoms with Crippen LogP contribution in [0.5, 0.6) is 5.75 Å². The van der Waals surface area contributed by atoms with Crippen LogP contribution in [0.2, 0.25) is 0 Å². The van der Waals surface area contributed by atoms with Crippen molar-refractivity contribution < 1.29 is 27.5 Å². The maximum atomic E-state index is 12.8. The number of hydrogen-bond acceptors (Lipinski definition) is 6. The number of nitrogens with zero attached hydrogens (tertiary/aromatic N) is 1. The normalized spacial score (nSPS) is 11.2. The quantitative estimate of drug-likeness (QED) is 0.416. The fraction of sp³-hybridized carbons (Fsp3) is 0.143. The molecule has 2 aromatic carbocycles. The highest BCUT2D eigenvalue weighted by Gasteiger charge is 2.22. The summed E-state index contributed by atoms with van der Waals surface area (Å²) in [6.07, 6.45) is 0. The van der Waals surface area contributed by atoms with Crippen molar-refractivity contribution >= 4 is 33.3 Å². The molecule has 0 aliphatic heterocycles. The third-order valence-electron chi connectivity index (χ3n) is 4.30. The Bertz CT molecular complexity index is 1190. The number of thiazole rings is 1. The van der Waals surface area contributed by atoms with Crippen LogP contribution in [-0.2, 0) is 11.3 Å². The molecular weight excluding hydrogens is 414 g/mol. The molecule has 0 aliphatic carbocycles. The lowest BCUT2D eigenvalue weighted by molar-refractivity contribution is -0.0494. The Morgan fingerprint density at radius 1 is 1.20 bits per heavy atom. The summed E-state index contributed by atoms with van der Waals surface area (Å²) < 4.78 is 40.8. The number of anilines is 1. The minimum Gasteiger partial charge on any atom is -0.451 e. The SMILES string of the molecule is COCc1c(C(=O)Nc2nc(-c3ccccc3OC(F)F)cs2)oc2ccccc12. The van der Waals surface area contributed by atoms with Crippen LogP contribution in [-0.4, -0.2) is 24.6 Å². The van der Waals surface area contributed by atoms with E-state index in [-0.39, 0.29) is 18.1 Å². The zero-order valence-corrected chi connectivity index (χ0v) is 16.5. The monoisotopic (exact) mass is 430 g/mol. The summed E-state index contributed by atoms with van der Waals surface area (Å²) in [7, 11) is 1.54. The maximum Gasteiger partial charge on any atom is 0.387 e. The zero-order valence-electron chi connectivity index (χ0n) is 15.7. The Hall–Kier alpha value is -3.30. The number of alkyl halides is 2. The number of rotatable bonds is 7. The van der Waals surface area contributed by atoms with Gasteiger partial charge in [-0.2, -0.15) is 8.78 Å². The molecule has 0 unspecified atom stereocenters. The van der Waals surface area contributed by atoms with E-state index in [1.54, 1.807) is 29.6 Å². The van der Waals surface area contributed by atoms with Crippen LogP contribution in [0.1, 0.15) is 16.1 Å². The van der Waals surface area contributed by atoms with Crippen molar-refractivity contribution in [2.75, 3.05) is 12.4 Å². The second-order valence-corrected chi connectivity index (χ2v) is 7.06. The summed E-state index contributed by atoms with van der Waals surface area (Å²) in [5, 5.41) is 5.44. The van der Waals surface area contributed by atoms with Gasteiger partial charge in [-0.05, 0) is 18.2 Å². The third-order valence-corrected chi connectivity index (χ3v) is 5.05. The first-order chi connectivity index (χ1) is 14.6. The highest BCUT2D eigenvalue weighted by molar-refractivity contribution is 7.14. The molecule has 0 spiro atoms. The van der Waals surface area contributed by atoms with E-state index in [4.69, 9.17) is 9.15 Å². The number of carbonyl (C=O) groups is 1. The minimum absolute atomic E-state index is 0.00958. The summed E-state index contributed by atoms with van der Waals surface area (Å²) in [4.78, 5) is 17.2. The molecule has 1 amide bonds. The Labute approximate surface area is 174 Å². The molecule has 0 saturated carbocycles. The number of benzene rings is 2. The number of nitrogens with one attached hydrogen (secondary N) is 1. The lowest BCUT2D eigenvalue weighted by Crippen LogP contribution is -2.13. The lowest BCUT2D eigenvalue weighted by atomic mass is 10.1. The molecule has 0 atom stereocenters. The van der Waals surface area contributed by atoms with Crippen molar-refractivity contribution in [1.29, 1.82) is 0 Å². The molecule has 154 valence electrons. The lowest BCUT2D eigenvalue weighted by Gasteiger charge is -2.08. The summed E-state index contributed by atoms with van der Waals surface area (Å²) in [5.74, 6) is -0.331. The van der Waals surface area contributed by atoms with Gasteiger partial charge in [0, 0.05) is 29.0 Å². The van der Waals surface area contributed by atoms with Gasteiger partial charge in [-0.15, -0.1) is 11.3 Å². The van der Waals surface area contributed by atoms with Gasteiger partial charge < -0.3 is 13.9 Å². The van der Waals surface area contributed by atoms with Gasteiger partial charge in [0.1, 0.15) is 11.3 Å². The average molecular weight is 430 g/mol. The number of fused-ring (bicyclic) bond motifs is 1. The average Bonchev–Trinajstić information content (AvgIpc) is 3.33. The molecule has 0 saturated heterocycles. The van der Waals surface area contributed by atoms with E-state index in [9.17, 15) is 13.6 Å². The number of furan rings is 1. The van der Waals surface area contributed by atoms with E-state index in [1.807, 2.05) is 18.2 Å². The molecule has 2 heterocycles. The molecule has 2 aromatic heterocycles. The predicted molar refractivity (Wildman–Crippen MR) is 109 cm³/mol. The molecule has 0 bridgehead atoms. The van der Waals surface area contributed by atoms with Crippen molar-refractivity contribution in [2.24, 2.45) is 0 Å². The highest BCUT2D eigenvalue weighted by atomic mass is 32.1. The van der Waals surface area contributed by atoms with Crippen LogP contribution in [0.4, 0.5) is 13.9 Å². The molecule has 0 fully saturated rings. The number of halogens is 2. The van der Waals surface area contributed by atoms with Gasteiger partial charge in [0.2, 0.25) is 0 Å². The van der Waals surface area contributed by atoms with Gasteiger partial charge in [0.15, 0.2) is 10.9 Å². The number of amides is 1. The van der Waals surface area contributed by atoms with Crippen molar-refractivity contribution in [3.8, 4) is 17.0 Å². The zero-order chi connectivity index (χ0) is 21.1. The van der Waals surface area contributed by atoms with Crippen LogP contribution in [0.3, 0.4) is 0 Å². The van der Waals surface area contributed by atoms with Crippen molar-refractivity contribution in [3.05, 3.63) is 65.2 Å². The smallest absolute Gasteiger partial charge is 0.387 e. The van der Waals surface area contributed by atoms with Gasteiger partial charge in [-0.25, -0.2) is 4.98 Å². The molecule has 1 N–H and O–H groups in total. The minimum atomic E-state index is -2.95. The number of aromatic nitrogens is 1. The molecule has 9 heteroatoms. The van der Waals surface area contributed by atoms with Crippen LogP contribution in [0.15, 0.2) is 58.3 Å². The van der Waals surface area contributed by atoms with Gasteiger partial charge in [0.25, 0.3) is 5.91 Å². The second-order valence-electron chi connectivity index (χ2n) is 6.21. The van der Waals surface area contributed by atoms with E-state index < -0.39 is 12.5 Å². The third kappa shape index (κ3) is 4.03. The van der Waals surface area contributed by atoms with Gasteiger partial charge in [-0.3, -0.25) is 10.1 Å². The van der Waals surface area contributed by atoms with Crippen molar-refractivity contribution in [1.82, 2.24) is 4.98 Å². The van der Waals surface area contributed by atoms with Gasteiger partial charge >= 0.3 is 6.61 Å². The second kappa shape index (κ2) is 8.60. The van der Waals surface area contributed by atoms with E-state index in [1.165, 1.54) is 13.2 Å². The van der Waals surface area contributed by atoms with E-state index in [0.29, 0.717) is 27.5 Å². The maximum absolute atomic E-state index is 12.8. The Morgan fingerprint density at radius 2 is 1.97 bits per heavy atom. The topological polar surface area (TPSA) is 73.6 Å². The van der Waals surface area contributed by atoms with Gasteiger partial charge in [0.05, 0.1) is 12.3 Å².